The predicted molar refractivity (Wildman–Crippen MR) is 83.5 cm³/mol. The summed E-state index contributed by atoms with van der Waals surface area (Å²) in [7, 11) is -3.96. The highest BCUT2D eigenvalue weighted by molar-refractivity contribution is 9.10. The fraction of sp³-hybridized carbons (Fsp3) is 0. The van der Waals surface area contributed by atoms with Gasteiger partial charge in [-0.3, -0.25) is 4.72 Å². The number of nitrogens with two attached hydrogens (primary N) is 1. The Morgan fingerprint density at radius 2 is 1.65 bits per heavy atom. The van der Waals surface area contributed by atoms with Crippen LogP contribution in [0, 0.1) is 5.82 Å². The van der Waals surface area contributed by atoms with Crippen molar-refractivity contribution in [3.63, 3.8) is 0 Å². The van der Waals surface area contributed by atoms with Crippen LogP contribution in [-0.2, 0) is 10.0 Å². The molecular weight excluding hydrogens is 415 g/mol. The molecule has 20 heavy (non-hydrogen) atoms. The normalized spacial score (nSPS) is 11.3. The van der Waals surface area contributed by atoms with Crippen molar-refractivity contribution >= 4 is 53.3 Å². The number of anilines is 2. The van der Waals surface area contributed by atoms with E-state index in [9.17, 15) is 12.8 Å². The molecule has 0 saturated heterocycles. The molecule has 8 heteroatoms. The summed E-state index contributed by atoms with van der Waals surface area (Å²) in [5, 5.41) is 0. The molecule has 0 aliphatic carbocycles. The lowest BCUT2D eigenvalue weighted by Crippen LogP contribution is -2.15. The lowest BCUT2D eigenvalue weighted by atomic mass is 10.3. The number of rotatable bonds is 3. The van der Waals surface area contributed by atoms with Crippen molar-refractivity contribution in [2.24, 2.45) is 0 Å². The van der Waals surface area contributed by atoms with Crippen LogP contribution in [0.2, 0.25) is 0 Å². The minimum absolute atomic E-state index is 0.0716. The summed E-state index contributed by atoms with van der Waals surface area (Å²) in [4.78, 5) is -0.111. The standard InChI is InChI=1S/C12H9Br2FN2O2S/c13-7-2-4-12(10(16)5-7)20(18,19)17-11-6-8(14)1-3-9(11)15/h1-6,17H,16H2. The first-order valence-corrected chi connectivity index (χ1v) is 8.39. The average Bonchev–Trinajstić information content (AvgIpc) is 2.33. The summed E-state index contributed by atoms with van der Waals surface area (Å²) >= 11 is 6.34. The zero-order valence-corrected chi connectivity index (χ0v) is 13.9. The minimum Gasteiger partial charge on any atom is -0.398 e. The fourth-order valence-electron chi connectivity index (χ4n) is 1.54. The largest absolute Gasteiger partial charge is 0.398 e. The van der Waals surface area contributed by atoms with Crippen LogP contribution < -0.4 is 10.5 Å². The van der Waals surface area contributed by atoms with Gasteiger partial charge in [-0.1, -0.05) is 31.9 Å². The molecule has 0 unspecified atom stereocenters. The van der Waals surface area contributed by atoms with Crippen LogP contribution in [-0.4, -0.2) is 8.42 Å². The van der Waals surface area contributed by atoms with Gasteiger partial charge in [-0.15, -0.1) is 0 Å². The van der Waals surface area contributed by atoms with Crippen molar-refractivity contribution in [3.05, 3.63) is 51.2 Å². The number of nitrogens with one attached hydrogen (secondary N) is 1. The van der Waals surface area contributed by atoms with E-state index in [0.29, 0.717) is 8.95 Å². The van der Waals surface area contributed by atoms with Crippen molar-refractivity contribution < 1.29 is 12.8 Å². The first-order chi connectivity index (χ1) is 9.29. The van der Waals surface area contributed by atoms with Crippen LogP contribution in [0.3, 0.4) is 0 Å². The van der Waals surface area contributed by atoms with Gasteiger partial charge in [0.1, 0.15) is 10.7 Å². The Balaban J connectivity index is 2.43. The van der Waals surface area contributed by atoms with Gasteiger partial charge in [-0.05, 0) is 36.4 Å². The van der Waals surface area contributed by atoms with Crippen LogP contribution in [0.5, 0.6) is 0 Å². The zero-order chi connectivity index (χ0) is 14.9. The number of nitrogen functional groups attached to an aromatic ring is 1. The van der Waals surface area contributed by atoms with Crippen molar-refractivity contribution in [2.75, 3.05) is 10.5 Å². The van der Waals surface area contributed by atoms with E-state index in [4.69, 9.17) is 5.73 Å². The molecule has 0 spiro atoms. The molecule has 3 N–H and O–H groups in total. The van der Waals surface area contributed by atoms with Crippen molar-refractivity contribution in [1.82, 2.24) is 0 Å². The summed E-state index contributed by atoms with van der Waals surface area (Å²) < 4.78 is 41.4. The van der Waals surface area contributed by atoms with Crippen molar-refractivity contribution in [3.8, 4) is 0 Å². The van der Waals surface area contributed by atoms with Crippen LogP contribution in [0.15, 0.2) is 50.2 Å². The molecule has 2 aromatic carbocycles. The van der Waals surface area contributed by atoms with Crippen molar-refractivity contribution in [1.29, 1.82) is 0 Å². The van der Waals surface area contributed by atoms with Gasteiger partial charge in [-0.2, -0.15) is 0 Å². The van der Waals surface area contributed by atoms with Gasteiger partial charge < -0.3 is 5.73 Å². The maximum atomic E-state index is 13.6. The van der Waals surface area contributed by atoms with Crippen LogP contribution in [0.25, 0.3) is 0 Å². The predicted octanol–water partition coefficient (Wildman–Crippen LogP) is 3.73. The molecule has 0 aliphatic heterocycles. The van der Waals surface area contributed by atoms with E-state index < -0.39 is 15.8 Å². The Kier molecular flexibility index (Phi) is 4.36. The first-order valence-electron chi connectivity index (χ1n) is 5.32. The Hall–Kier alpha value is -1.12. The molecule has 0 aliphatic rings. The van der Waals surface area contributed by atoms with Gasteiger partial charge in [0, 0.05) is 8.95 Å². The molecule has 2 rings (SSSR count). The van der Waals surface area contributed by atoms with E-state index in [0.717, 1.165) is 6.07 Å². The second-order valence-electron chi connectivity index (χ2n) is 3.91. The molecule has 0 atom stereocenters. The summed E-state index contributed by atoms with van der Waals surface area (Å²) in [6.07, 6.45) is 0. The summed E-state index contributed by atoms with van der Waals surface area (Å²) in [5.41, 5.74) is 5.60. The molecule has 0 radical (unpaired) electrons. The maximum Gasteiger partial charge on any atom is 0.264 e. The molecule has 0 saturated carbocycles. The summed E-state index contributed by atoms with van der Waals surface area (Å²) in [5.74, 6) is -0.674. The SMILES string of the molecule is Nc1cc(Br)ccc1S(=O)(=O)Nc1cc(Br)ccc1F. The summed E-state index contributed by atoms with van der Waals surface area (Å²) in [6, 6.07) is 8.32. The average molecular weight is 424 g/mol. The topological polar surface area (TPSA) is 72.2 Å². The monoisotopic (exact) mass is 422 g/mol. The summed E-state index contributed by atoms with van der Waals surface area (Å²) in [6.45, 7) is 0. The molecule has 4 nitrogen and oxygen atoms in total. The lowest BCUT2D eigenvalue weighted by Gasteiger charge is -2.11. The third-order valence-electron chi connectivity index (χ3n) is 2.43. The molecular formula is C12H9Br2FN2O2S. The van der Waals surface area contributed by atoms with E-state index in [2.05, 4.69) is 36.6 Å². The second kappa shape index (κ2) is 5.71. The van der Waals surface area contributed by atoms with Gasteiger partial charge >= 0.3 is 0 Å². The van der Waals surface area contributed by atoms with Gasteiger partial charge in [0.25, 0.3) is 10.0 Å². The van der Waals surface area contributed by atoms with Gasteiger partial charge in [0.05, 0.1) is 11.4 Å². The first kappa shape index (κ1) is 15.3. The Morgan fingerprint density at radius 1 is 1.05 bits per heavy atom. The highest BCUT2D eigenvalue weighted by Crippen LogP contribution is 2.27. The van der Waals surface area contributed by atoms with Gasteiger partial charge in [0.2, 0.25) is 0 Å². The zero-order valence-electron chi connectivity index (χ0n) is 9.90. The lowest BCUT2D eigenvalue weighted by molar-refractivity contribution is 0.599. The number of hydrogen-bond donors (Lipinski definition) is 2. The number of sulfonamides is 1. The highest BCUT2D eigenvalue weighted by atomic mass is 79.9. The Labute approximate surface area is 132 Å². The number of hydrogen-bond acceptors (Lipinski definition) is 3. The van der Waals surface area contributed by atoms with Gasteiger partial charge in [0.15, 0.2) is 0 Å². The van der Waals surface area contributed by atoms with E-state index >= 15 is 0 Å². The third kappa shape index (κ3) is 3.31. The molecule has 0 amide bonds. The maximum absolute atomic E-state index is 13.6. The minimum atomic E-state index is -3.96. The van der Waals surface area contributed by atoms with E-state index in [1.54, 1.807) is 6.07 Å². The molecule has 106 valence electrons. The Bertz CT molecular complexity index is 766. The fourth-order valence-corrected chi connectivity index (χ4v) is 3.45. The molecule has 0 heterocycles. The van der Waals surface area contributed by atoms with E-state index in [1.165, 1.54) is 24.3 Å². The second-order valence-corrected chi connectivity index (χ2v) is 7.39. The van der Waals surface area contributed by atoms with Crippen LogP contribution >= 0.6 is 31.9 Å². The molecule has 0 fully saturated rings. The van der Waals surface area contributed by atoms with Crippen LogP contribution in [0.1, 0.15) is 0 Å². The molecule has 2 aromatic rings. The number of halogens is 3. The molecule has 0 aromatic heterocycles. The smallest absolute Gasteiger partial charge is 0.264 e. The Morgan fingerprint density at radius 3 is 2.30 bits per heavy atom. The third-order valence-corrected chi connectivity index (χ3v) is 4.86. The van der Waals surface area contributed by atoms with Crippen molar-refractivity contribution in [2.45, 2.75) is 4.90 Å². The van der Waals surface area contributed by atoms with E-state index in [-0.39, 0.29) is 16.3 Å². The molecule has 0 bridgehead atoms. The number of benzene rings is 2. The van der Waals surface area contributed by atoms with Gasteiger partial charge in [-0.25, -0.2) is 12.8 Å². The highest BCUT2D eigenvalue weighted by Gasteiger charge is 2.19. The van der Waals surface area contributed by atoms with Crippen LogP contribution in [0.4, 0.5) is 15.8 Å². The van der Waals surface area contributed by atoms with E-state index in [1.807, 2.05) is 0 Å². The quantitative estimate of drug-likeness (QED) is 0.738.